The average Bonchev–Trinajstić information content (AvgIpc) is 2.40. The molecule has 102 valence electrons. The largest absolute Gasteiger partial charge is 0.340 e. The Bertz CT molecular complexity index is 324. The summed E-state index contributed by atoms with van der Waals surface area (Å²) < 4.78 is 0. The minimum Gasteiger partial charge on any atom is -0.340 e. The van der Waals surface area contributed by atoms with Crippen LogP contribution in [0.2, 0.25) is 0 Å². The number of nitrogens with zero attached hydrogens (tertiary/aromatic N) is 3. The van der Waals surface area contributed by atoms with Crippen LogP contribution >= 0.6 is 0 Å². The average molecular weight is 251 g/mol. The standard InChI is InChI=1S/C14H25N3O/c1-5-12(11-15)16-7-9-17(10-8-16)13(18)14(3,4)6-2/h12H,5-10H2,1-4H3. The molecule has 0 spiro atoms. The third-order valence-corrected chi connectivity index (χ3v) is 4.04. The Balaban J connectivity index is 2.55. The summed E-state index contributed by atoms with van der Waals surface area (Å²) in [6.07, 6.45) is 1.72. The highest BCUT2D eigenvalue weighted by Gasteiger charge is 2.33. The van der Waals surface area contributed by atoms with Gasteiger partial charge in [0.25, 0.3) is 0 Å². The lowest BCUT2D eigenvalue weighted by molar-refractivity contribution is -0.142. The van der Waals surface area contributed by atoms with Crippen LogP contribution in [0.3, 0.4) is 0 Å². The van der Waals surface area contributed by atoms with E-state index < -0.39 is 0 Å². The van der Waals surface area contributed by atoms with E-state index >= 15 is 0 Å². The quantitative estimate of drug-likeness (QED) is 0.766. The third kappa shape index (κ3) is 3.23. The lowest BCUT2D eigenvalue weighted by atomic mass is 9.88. The van der Waals surface area contributed by atoms with E-state index in [0.29, 0.717) is 0 Å². The van der Waals surface area contributed by atoms with Crippen LogP contribution in [0.4, 0.5) is 0 Å². The van der Waals surface area contributed by atoms with E-state index in [1.54, 1.807) is 0 Å². The second kappa shape index (κ2) is 6.19. The summed E-state index contributed by atoms with van der Waals surface area (Å²) in [5, 5.41) is 9.05. The molecule has 0 aromatic rings. The topological polar surface area (TPSA) is 47.3 Å². The Morgan fingerprint density at radius 1 is 1.28 bits per heavy atom. The molecular formula is C14H25N3O. The number of rotatable bonds is 4. The van der Waals surface area contributed by atoms with E-state index in [1.807, 2.05) is 25.7 Å². The van der Waals surface area contributed by atoms with E-state index in [1.165, 1.54) is 0 Å². The molecule has 18 heavy (non-hydrogen) atoms. The fraction of sp³-hybridized carbons (Fsp3) is 0.857. The van der Waals surface area contributed by atoms with Gasteiger partial charge in [0, 0.05) is 31.6 Å². The summed E-state index contributed by atoms with van der Waals surface area (Å²) in [4.78, 5) is 16.4. The Labute approximate surface area is 111 Å². The molecule has 1 rings (SSSR count). The molecule has 4 heteroatoms. The molecule has 1 amide bonds. The predicted molar refractivity (Wildman–Crippen MR) is 71.9 cm³/mol. The fourth-order valence-corrected chi connectivity index (χ4v) is 2.25. The van der Waals surface area contributed by atoms with Crippen molar-refractivity contribution in [3.8, 4) is 6.07 Å². The van der Waals surface area contributed by atoms with Gasteiger partial charge in [-0.2, -0.15) is 5.26 Å². The summed E-state index contributed by atoms with van der Waals surface area (Å²) in [6, 6.07) is 2.33. The Kier molecular flexibility index (Phi) is 5.15. The summed E-state index contributed by atoms with van der Waals surface area (Å²) >= 11 is 0. The van der Waals surface area contributed by atoms with Gasteiger partial charge in [-0.1, -0.05) is 27.7 Å². The van der Waals surface area contributed by atoms with E-state index in [9.17, 15) is 4.79 Å². The van der Waals surface area contributed by atoms with Crippen LogP contribution < -0.4 is 0 Å². The molecule has 4 nitrogen and oxygen atoms in total. The van der Waals surface area contributed by atoms with Gasteiger partial charge < -0.3 is 4.90 Å². The smallest absolute Gasteiger partial charge is 0.228 e. The van der Waals surface area contributed by atoms with Gasteiger partial charge >= 0.3 is 0 Å². The van der Waals surface area contributed by atoms with Crippen LogP contribution in [-0.4, -0.2) is 47.9 Å². The van der Waals surface area contributed by atoms with Gasteiger partial charge in [-0.15, -0.1) is 0 Å². The van der Waals surface area contributed by atoms with Crippen molar-refractivity contribution < 1.29 is 4.79 Å². The second-order valence-corrected chi connectivity index (χ2v) is 5.62. The predicted octanol–water partition coefficient (Wildman–Crippen LogP) is 1.87. The first-order valence-electron chi connectivity index (χ1n) is 6.89. The molecule has 0 aromatic carbocycles. The van der Waals surface area contributed by atoms with Gasteiger partial charge in [0.2, 0.25) is 5.91 Å². The molecule has 1 atom stereocenters. The maximum atomic E-state index is 12.3. The molecular weight excluding hydrogens is 226 g/mol. The van der Waals surface area contributed by atoms with Crippen LogP contribution in [0.5, 0.6) is 0 Å². The van der Waals surface area contributed by atoms with Crippen molar-refractivity contribution in [2.75, 3.05) is 26.2 Å². The van der Waals surface area contributed by atoms with Crippen molar-refractivity contribution in [3.05, 3.63) is 0 Å². The number of carbonyl (C=O) groups excluding carboxylic acids is 1. The van der Waals surface area contributed by atoms with Crippen molar-refractivity contribution >= 4 is 5.91 Å². The van der Waals surface area contributed by atoms with E-state index in [0.717, 1.165) is 39.0 Å². The van der Waals surface area contributed by atoms with E-state index in [2.05, 4.69) is 17.9 Å². The zero-order valence-corrected chi connectivity index (χ0v) is 12.1. The maximum Gasteiger partial charge on any atom is 0.228 e. The summed E-state index contributed by atoms with van der Waals surface area (Å²) in [7, 11) is 0. The molecule has 1 aliphatic rings. The first kappa shape index (κ1) is 15.0. The SMILES string of the molecule is CCC(C#N)N1CCN(C(=O)C(C)(C)CC)CC1. The second-order valence-electron chi connectivity index (χ2n) is 5.62. The molecule has 1 unspecified atom stereocenters. The minimum atomic E-state index is -0.262. The van der Waals surface area contributed by atoms with Crippen molar-refractivity contribution in [2.45, 2.75) is 46.6 Å². The lowest BCUT2D eigenvalue weighted by Gasteiger charge is -2.39. The van der Waals surface area contributed by atoms with Crippen LogP contribution in [0.15, 0.2) is 0 Å². The monoisotopic (exact) mass is 251 g/mol. The van der Waals surface area contributed by atoms with Crippen molar-refractivity contribution in [1.82, 2.24) is 9.80 Å². The van der Waals surface area contributed by atoms with Gasteiger partial charge in [0.15, 0.2) is 0 Å². The molecule has 1 saturated heterocycles. The molecule has 1 heterocycles. The van der Waals surface area contributed by atoms with Gasteiger partial charge in [-0.3, -0.25) is 9.69 Å². The van der Waals surface area contributed by atoms with Crippen LogP contribution in [-0.2, 0) is 4.79 Å². The number of hydrogen-bond acceptors (Lipinski definition) is 3. The highest BCUT2D eigenvalue weighted by atomic mass is 16.2. The van der Waals surface area contributed by atoms with Gasteiger partial charge in [-0.25, -0.2) is 0 Å². The molecule has 0 radical (unpaired) electrons. The van der Waals surface area contributed by atoms with Gasteiger partial charge in [-0.05, 0) is 12.8 Å². The lowest BCUT2D eigenvalue weighted by Crippen LogP contribution is -2.54. The molecule has 1 fully saturated rings. The zero-order valence-electron chi connectivity index (χ0n) is 12.1. The van der Waals surface area contributed by atoms with Crippen molar-refractivity contribution in [3.63, 3.8) is 0 Å². The van der Waals surface area contributed by atoms with Crippen LogP contribution in [0, 0.1) is 16.7 Å². The van der Waals surface area contributed by atoms with Gasteiger partial charge in [0.1, 0.15) is 0 Å². The first-order valence-corrected chi connectivity index (χ1v) is 6.89. The van der Waals surface area contributed by atoms with Crippen LogP contribution in [0.1, 0.15) is 40.5 Å². The number of amides is 1. The number of nitriles is 1. The normalized spacial score (nSPS) is 19.4. The Morgan fingerprint density at radius 3 is 2.22 bits per heavy atom. The molecule has 1 aliphatic heterocycles. The number of piperazine rings is 1. The van der Waals surface area contributed by atoms with Crippen LogP contribution in [0.25, 0.3) is 0 Å². The molecule has 0 aliphatic carbocycles. The molecule has 0 bridgehead atoms. The zero-order chi connectivity index (χ0) is 13.8. The summed E-state index contributed by atoms with van der Waals surface area (Å²) in [5.74, 6) is 0.245. The molecule has 0 aromatic heterocycles. The van der Waals surface area contributed by atoms with Crippen molar-refractivity contribution in [2.24, 2.45) is 5.41 Å². The highest BCUT2D eigenvalue weighted by molar-refractivity contribution is 5.82. The summed E-state index contributed by atoms with van der Waals surface area (Å²) in [5.41, 5.74) is -0.262. The Morgan fingerprint density at radius 2 is 1.83 bits per heavy atom. The third-order valence-electron chi connectivity index (χ3n) is 4.04. The van der Waals surface area contributed by atoms with E-state index in [4.69, 9.17) is 5.26 Å². The minimum absolute atomic E-state index is 0.00133. The number of carbonyl (C=O) groups is 1. The Hall–Kier alpha value is -1.08. The van der Waals surface area contributed by atoms with Crippen molar-refractivity contribution in [1.29, 1.82) is 5.26 Å². The van der Waals surface area contributed by atoms with Gasteiger partial charge in [0.05, 0.1) is 12.1 Å². The number of hydrogen-bond donors (Lipinski definition) is 0. The fourth-order valence-electron chi connectivity index (χ4n) is 2.25. The summed E-state index contributed by atoms with van der Waals surface area (Å²) in [6.45, 7) is 11.2. The maximum absolute atomic E-state index is 12.3. The van der Waals surface area contributed by atoms with E-state index in [-0.39, 0.29) is 17.4 Å². The first-order chi connectivity index (χ1) is 8.46. The molecule has 0 N–H and O–H groups in total. The molecule has 0 saturated carbocycles. The highest BCUT2D eigenvalue weighted by Crippen LogP contribution is 2.24.